The summed E-state index contributed by atoms with van der Waals surface area (Å²) in [4.78, 5) is 11.3. The van der Waals surface area contributed by atoms with Gasteiger partial charge in [-0.05, 0) is 24.0 Å². The average Bonchev–Trinajstić information content (AvgIpc) is 2.26. The lowest BCUT2D eigenvalue weighted by molar-refractivity contribution is 0.0600. The summed E-state index contributed by atoms with van der Waals surface area (Å²) < 4.78 is 9.37. The Morgan fingerprint density at radius 3 is 2.53 bits per heavy atom. The van der Waals surface area contributed by atoms with Crippen molar-refractivity contribution in [1.82, 2.24) is 0 Å². The molecule has 0 aliphatic carbocycles. The summed E-state index contributed by atoms with van der Waals surface area (Å²) in [5, 5.41) is 9.40. The monoisotopic (exact) mass is 208 g/mol. The van der Waals surface area contributed by atoms with Gasteiger partial charge in [0.05, 0.1) is 12.7 Å². The Hall–Kier alpha value is -1.33. The van der Waals surface area contributed by atoms with E-state index >= 15 is 0 Å². The van der Waals surface area contributed by atoms with Crippen LogP contribution in [0.2, 0.25) is 0 Å². The highest BCUT2D eigenvalue weighted by Gasteiger charge is 2.17. The topological polar surface area (TPSA) is 55.8 Å². The number of benzene rings is 1. The van der Waals surface area contributed by atoms with Gasteiger partial charge in [0, 0.05) is 7.11 Å². The van der Waals surface area contributed by atoms with Gasteiger partial charge in [-0.1, -0.05) is 12.1 Å². The van der Waals surface area contributed by atoms with Crippen molar-refractivity contribution in [1.29, 1.82) is 0 Å². The lowest BCUT2D eigenvalue weighted by Crippen LogP contribution is -2.32. The molecule has 0 aromatic heterocycles. The van der Waals surface area contributed by atoms with Crippen molar-refractivity contribution in [2.24, 2.45) is 0 Å². The van der Waals surface area contributed by atoms with E-state index in [1.54, 1.807) is 25.1 Å². The number of ether oxygens (including phenoxy) is 1. The van der Waals surface area contributed by atoms with E-state index in [0.717, 1.165) is 5.56 Å². The molecule has 0 saturated carbocycles. The maximum absolute atomic E-state index is 11.3. The first-order valence-electron chi connectivity index (χ1n) is 4.50. The minimum Gasteiger partial charge on any atom is -0.465 e. The first-order valence-corrected chi connectivity index (χ1v) is 4.50. The number of carbonyl (C=O) groups excluding carboxylic acids is 1. The lowest BCUT2D eigenvalue weighted by atomic mass is 9.78. The number of rotatable bonds is 3. The van der Waals surface area contributed by atoms with Crippen LogP contribution in [-0.4, -0.2) is 32.3 Å². The standard InChI is InChI=1S/C10H13BO4/c1-7-6-8(11(13)15-3)4-5-9(7)10(12)14-2/h4-6,13H,1-3H3. The second kappa shape index (κ2) is 4.95. The van der Waals surface area contributed by atoms with Crippen molar-refractivity contribution in [3.05, 3.63) is 29.3 Å². The van der Waals surface area contributed by atoms with Crippen LogP contribution < -0.4 is 5.46 Å². The summed E-state index contributed by atoms with van der Waals surface area (Å²) in [7, 11) is 1.78. The minimum absolute atomic E-state index is 0.383. The molecule has 0 spiro atoms. The fourth-order valence-electron chi connectivity index (χ4n) is 1.32. The molecule has 15 heavy (non-hydrogen) atoms. The number of aryl methyl sites for hydroxylation is 1. The third kappa shape index (κ3) is 2.58. The molecule has 0 fully saturated rings. The summed E-state index contributed by atoms with van der Waals surface area (Å²) in [6.07, 6.45) is 0. The highest BCUT2D eigenvalue weighted by molar-refractivity contribution is 6.59. The predicted octanol–water partition coefficient (Wildman–Crippen LogP) is 0.116. The average molecular weight is 208 g/mol. The van der Waals surface area contributed by atoms with Gasteiger partial charge in [-0.15, -0.1) is 0 Å². The van der Waals surface area contributed by atoms with Crippen LogP contribution in [0.4, 0.5) is 0 Å². The molecule has 4 nitrogen and oxygen atoms in total. The Kier molecular flexibility index (Phi) is 3.88. The van der Waals surface area contributed by atoms with Crippen molar-refractivity contribution in [2.45, 2.75) is 6.92 Å². The molecule has 1 rings (SSSR count). The Labute approximate surface area is 89.0 Å². The fourth-order valence-corrected chi connectivity index (χ4v) is 1.32. The third-order valence-electron chi connectivity index (χ3n) is 2.16. The van der Waals surface area contributed by atoms with Crippen LogP contribution in [0.15, 0.2) is 18.2 Å². The molecule has 0 aliphatic rings. The molecule has 1 N–H and O–H groups in total. The number of hydrogen-bond acceptors (Lipinski definition) is 4. The SMILES string of the molecule is COB(O)c1ccc(C(=O)OC)c(C)c1. The zero-order chi connectivity index (χ0) is 11.4. The molecule has 0 atom stereocenters. The highest BCUT2D eigenvalue weighted by Crippen LogP contribution is 2.07. The summed E-state index contributed by atoms with van der Waals surface area (Å²) in [6, 6.07) is 4.94. The van der Waals surface area contributed by atoms with Crippen LogP contribution in [0.5, 0.6) is 0 Å². The van der Waals surface area contributed by atoms with E-state index in [1.165, 1.54) is 14.2 Å². The van der Waals surface area contributed by atoms with Crippen molar-refractivity contribution < 1.29 is 19.2 Å². The van der Waals surface area contributed by atoms with Gasteiger partial charge in [0.25, 0.3) is 0 Å². The molecular formula is C10H13BO4. The summed E-state index contributed by atoms with van der Waals surface area (Å²) >= 11 is 0. The van der Waals surface area contributed by atoms with Crippen LogP contribution in [0.3, 0.4) is 0 Å². The van der Waals surface area contributed by atoms with Gasteiger partial charge in [-0.25, -0.2) is 4.79 Å². The molecular weight excluding hydrogens is 195 g/mol. The molecule has 0 saturated heterocycles. The van der Waals surface area contributed by atoms with Gasteiger partial charge in [0.15, 0.2) is 0 Å². The third-order valence-corrected chi connectivity index (χ3v) is 2.16. The van der Waals surface area contributed by atoms with Gasteiger partial charge in [-0.2, -0.15) is 0 Å². The fraction of sp³-hybridized carbons (Fsp3) is 0.300. The van der Waals surface area contributed by atoms with Crippen LogP contribution >= 0.6 is 0 Å². The van der Waals surface area contributed by atoms with Crippen molar-refractivity contribution >= 4 is 18.6 Å². The second-order valence-corrected chi connectivity index (χ2v) is 3.15. The lowest BCUT2D eigenvalue weighted by Gasteiger charge is -2.08. The van der Waals surface area contributed by atoms with Gasteiger partial charge in [0.1, 0.15) is 0 Å². The number of hydrogen-bond donors (Lipinski definition) is 1. The van der Waals surface area contributed by atoms with E-state index in [0.29, 0.717) is 11.0 Å². The van der Waals surface area contributed by atoms with Crippen molar-refractivity contribution in [2.75, 3.05) is 14.2 Å². The van der Waals surface area contributed by atoms with Crippen molar-refractivity contribution in [3.63, 3.8) is 0 Å². The predicted molar refractivity (Wildman–Crippen MR) is 57.1 cm³/mol. The first kappa shape index (κ1) is 11.7. The zero-order valence-electron chi connectivity index (χ0n) is 8.98. The number of esters is 1. The quantitative estimate of drug-likeness (QED) is 0.566. The summed E-state index contributed by atoms with van der Waals surface area (Å²) in [5.41, 5.74) is 1.85. The van der Waals surface area contributed by atoms with Crippen LogP contribution in [0.1, 0.15) is 15.9 Å². The van der Waals surface area contributed by atoms with Crippen molar-refractivity contribution in [3.8, 4) is 0 Å². The van der Waals surface area contributed by atoms with Gasteiger partial charge in [-0.3, -0.25) is 0 Å². The van der Waals surface area contributed by atoms with E-state index in [-0.39, 0.29) is 5.97 Å². The van der Waals surface area contributed by atoms with E-state index in [2.05, 4.69) is 4.74 Å². The molecule has 0 amide bonds. The minimum atomic E-state index is -0.963. The van der Waals surface area contributed by atoms with Crippen LogP contribution in [0, 0.1) is 6.92 Å². The Bertz CT molecular complexity index is 364. The Morgan fingerprint density at radius 1 is 1.40 bits per heavy atom. The maximum atomic E-state index is 11.3. The van der Waals surface area contributed by atoms with E-state index in [4.69, 9.17) is 4.65 Å². The largest absolute Gasteiger partial charge is 0.490 e. The van der Waals surface area contributed by atoms with Gasteiger partial charge < -0.3 is 14.4 Å². The number of carbonyl (C=O) groups is 1. The van der Waals surface area contributed by atoms with E-state index in [9.17, 15) is 9.82 Å². The Balaban J connectivity index is 3.03. The molecule has 5 heteroatoms. The molecule has 80 valence electrons. The summed E-state index contributed by atoms with van der Waals surface area (Å²) in [6.45, 7) is 1.78. The van der Waals surface area contributed by atoms with Gasteiger partial charge in [0.2, 0.25) is 0 Å². The van der Waals surface area contributed by atoms with Crippen LogP contribution in [0.25, 0.3) is 0 Å². The molecule has 0 heterocycles. The molecule has 0 unspecified atom stereocenters. The summed E-state index contributed by atoms with van der Waals surface area (Å²) in [5.74, 6) is -0.383. The number of methoxy groups -OCH3 is 1. The highest BCUT2D eigenvalue weighted by atomic mass is 16.5. The maximum Gasteiger partial charge on any atom is 0.490 e. The normalized spacial score (nSPS) is 9.87. The first-order chi connectivity index (χ1) is 7.10. The molecule has 0 bridgehead atoms. The van der Waals surface area contributed by atoms with E-state index < -0.39 is 7.12 Å². The zero-order valence-corrected chi connectivity index (χ0v) is 8.98. The van der Waals surface area contributed by atoms with E-state index in [1.807, 2.05) is 0 Å². The molecule has 1 aromatic carbocycles. The molecule has 0 aliphatic heterocycles. The smallest absolute Gasteiger partial charge is 0.465 e. The van der Waals surface area contributed by atoms with Crippen LogP contribution in [-0.2, 0) is 9.39 Å². The molecule has 1 aromatic rings. The molecule has 0 radical (unpaired) electrons. The Morgan fingerprint density at radius 2 is 2.07 bits per heavy atom. The second-order valence-electron chi connectivity index (χ2n) is 3.15. The van der Waals surface area contributed by atoms with Gasteiger partial charge >= 0.3 is 13.1 Å².